The molecule has 122 valence electrons. The van der Waals surface area contributed by atoms with Crippen LogP contribution in [0.5, 0.6) is 0 Å². The number of hydrogen-bond acceptors (Lipinski definition) is 6. The number of nitrogens with zero attached hydrogens (tertiary/aromatic N) is 1. The topological polar surface area (TPSA) is 130 Å². The molecule has 0 aliphatic heterocycles. The number of benzene rings is 1. The fourth-order valence-corrected chi connectivity index (χ4v) is 2.14. The van der Waals surface area contributed by atoms with E-state index in [1.54, 1.807) is 18.2 Å². The third kappa shape index (κ3) is 4.38. The Balaban J connectivity index is 2.18. The van der Waals surface area contributed by atoms with Gasteiger partial charge >= 0.3 is 5.91 Å². The van der Waals surface area contributed by atoms with Crippen molar-refractivity contribution in [3.63, 3.8) is 0 Å². The molecule has 1 aromatic heterocycles. The number of carbonyl (C=O) groups excluding carboxylic acids is 2. The summed E-state index contributed by atoms with van der Waals surface area (Å²) in [6.07, 6.45) is 3.17. The lowest BCUT2D eigenvalue weighted by molar-refractivity contribution is 0.0990. The summed E-state index contributed by atoms with van der Waals surface area (Å²) in [7, 11) is 0. The average molecular weight is 318 g/mol. The molecule has 0 spiro atoms. The molecule has 0 radical (unpaired) electrons. The molecule has 0 aliphatic rings. The maximum Gasteiger partial charge on any atom is 0.311 e. The first kappa shape index (κ1) is 16.7. The zero-order valence-electron chi connectivity index (χ0n) is 12.4. The van der Waals surface area contributed by atoms with E-state index >= 15 is 0 Å². The van der Waals surface area contributed by atoms with Crippen molar-refractivity contribution in [2.75, 3.05) is 25.0 Å². The number of oxazole rings is 1. The molecular formula is C15H18N4O4. The quantitative estimate of drug-likeness (QED) is 0.513. The van der Waals surface area contributed by atoms with Crippen molar-refractivity contribution in [1.29, 1.82) is 0 Å². The lowest BCUT2D eigenvalue weighted by Crippen LogP contribution is -2.24. The summed E-state index contributed by atoms with van der Waals surface area (Å²) in [4.78, 5) is 27.5. The van der Waals surface area contributed by atoms with Gasteiger partial charge in [0, 0.05) is 6.54 Å². The molecule has 2 rings (SSSR count). The SMILES string of the molecule is NC(=O)c1c(CCNCCO)cccc1NC(=O)c1ncco1. The van der Waals surface area contributed by atoms with Gasteiger partial charge in [-0.3, -0.25) is 9.59 Å². The standard InChI is InChI=1S/C15H18N4O4/c16-13(21)12-10(4-5-17-6-8-20)2-1-3-11(12)19-14(22)15-18-7-9-23-15/h1-3,7,9,17,20H,4-6,8H2,(H2,16,21)(H,19,22). The van der Waals surface area contributed by atoms with Gasteiger partial charge < -0.3 is 25.9 Å². The molecule has 1 heterocycles. The normalized spacial score (nSPS) is 10.5. The van der Waals surface area contributed by atoms with Crippen LogP contribution in [-0.4, -0.2) is 41.6 Å². The van der Waals surface area contributed by atoms with E-state index in [4.69, 9.17) is 15.3 Å². The Bertz CT molecular complexity index is 670. The minimum absolute atomic E-state index is 0.0366. The van der Waals surface area contributed by atoms with Gasteiger partial charge in [-0.2, -0.15) is 0 Å². The zero-order valence-corrected chi connectivity index (χ0v) is 12.4. The molecule has 0 saturated carbocycles. The molecule has 0 unspecified atom stereocenters. The minimum atomic E-state index is -0.634. The van der Waals surface area contributed by atoms with Crippen molar-refractivity contribution in [2.24, 2.45) is 5.73 Å². The van der Waals surface area contributed by atoms with E-state index < -0.39 is 11.8 Å². The van der Waals surface area contributed by atoms with Crippen LogP contribution in [0.4, 0.5) is 5.69 Å². The van der Waals surface area contributed by atoms with Crippen LogP contribution in [0.1, 0.15) is 26.6 Å². The van der Waals surface area contributed by atoms with Crippen LogP contribution in [0, 0.1) is 0 Å². The van der Waals surface area contributed by atoms with E-state index in [9.17, 15) is 9.59 Å². The van der Waals surface area contributed by atoms with E-state index in [2.05, 4.69) is 15.6 Å². The first-order valence-corrected chi connectivity index (χ1v) is 7.07. The number of amides is 2. The molecule has 0 bridgehead atoms. The molecular weight excluding hydrogens is 300 g/mol. The lowest BCUT2D eigenvalue weighted by Gasteiger charge is -2.13. The van der Waals surface area contributed by atoms with Crippen LogP contribution in [0.3, 0.4) is 0 Å². The largest absolute Gasteiger partial charge is 0.441 e. The highest BCUT2D eigenvalue weighted by atomic mass is 16.3. The van der Waals surface area contributed by atoms with Crippen molar-refractivity contribution in [3.8, 4) is 0 Å². The van der Waals surface area contributed by atoms with Crippen LogP contribution >= 0.6 is 0 Å². The summed E-state index contributed by atoms with van der Waals surface area (Å²) in [6.45, 7) is 1.07. The molecule has 23 heavy (non-hydrogen) atoms. The average Bonchev–Trinajstić information content (AvgIpc) is 3.06. The van der Waals surface area contributed by atoms with Gasteiger partial charge in [-0.25, -0.2) is 4.98 Å². The van der Waals surface area contributed by atoms with Crippen LogP contribution in [0.25, 0.3) is 0 Å². The number of hydrogen-bond donors (Lipinski definition) is 4. The number of rotatable bonds is 8. The number of aliphatic hydroxyl groups is 1. The maximum absolute atomic E-state index is 12.0. The number of nitrogens with one attached hydrogen (secondary N) is 2. The Morgan fingerprint density at radius 1 is 1.30 bits per heavy atom. The van der Waals surface area contributed by atoms with Crippen molar-refractivity contribution in [3.05, 3.63) is 47.7 Å². The second kappa shape index (κ2) is 8.06. The zero-order chi connectivity index (χ0) is 16.7. The van der Waals surface area contributed by atoms with Crippen molar-refractivity contribution < 1.29 is 19.1 Å². The van der Waals surface area contributed by atoms with Gasteiger partial charge in [0.25, 0.3) is 11.8 Å². The molecule has 0 aliphatic carbocycles. The molecule has 5 N–H and O–H groups in total. The predicted molar refractivity (Wildman–Crippen MR) is 83.1 cm³/mol. The van der Waals surface area contributed by atoms with Crippen molar-refractivity contribution in [2.45, 2.75) is 6.42 Å². The Hall–Kier alpha value is -2.71. The summed E-state index contributed by atoms with van der Waals surface area (Å²) < 4.78 is 4.92. The molecule has 0 atom stereocenters. The third-order valence-electron chi connectivity index (χ3n) is 3.13. The minimum Gasteiger partial charge on any atom is -0.441 e. The van der Waals surface area contributed by atoms with E-state index in [0.717, 1.165) is 0 Å². The number of anilines is 1. The second-order valence-corrected chi connectivity index (χ2v) is 4.72. The van der Waals surface area contributed by atoms with Crippen LogP contribution in [0.2, 0.25) is 0 Å². The van der Waals surface area contributed by atoms with E-state index in [1.165, 1.54) is 12.5 Å². The third-order valence-corrected chi connectivity index (χ3v) is 3.13. The first-order valence-electron chi connectivity index (χ1n) is 7.07. The van der Waals surface area contributed by atoms with Gasteiger partial charge in [0.15, 0.2) is 0 Å². The summed E-state index contributed by atoms with van der Waals surface area (Å²) in [5.74, 6) is -1.30. The van der Waals surface area contributed by atoms with E-state index in [0.29, 0.717) is 30.8 Å². The molecule has 2 aromatic rings. The number of aromatic nitrogens is 1. The Labute approximate surface area is 132 Å². The number of nitrogens with two attached hydrogens (primary N) is 1. The second-order valence-electron chi connectivity index (χ2n) is 4.72. The number of aliphatic hydroxyl groups excluding tert-OH is 1. The fraction of sp³-hybridized carbons (Fsp3) is 0.267. The van der Waals surface area contributed by atoms with E-state index in [-0.39, 0.29) is 18.1 Å². The van der Waals surface area contributed by atoms with Gasteiger partial charge in [-0.1, -0.05) is 12.1 Å². The Kier molecular flexibility index (Phi) is 5.84. The molecule has 0 saturated heterocycles. The predicted octanol–water partition coefficient (Wildman–Crippen LogP) is 0.150. The summed E-state index contributed by atoms with van der Waals surface area (Å²) in [5, 5.41) is 14.3. The first-order chi connectivity index (χ1) is 11.1. The molecule has 2 amide bonds. The molecule has 0 fully saturated rings. The van der Waals surface area contributed by atoms with Crippen LogP contribution in [0.15, 0.2) is 35.1 Å². The van der Waals surface area contributed by atoms with Gasteiger partial charge in [-0.15, -0.1) is 0 Å². The number of primary amides is 1. The van der Waals surface area contributed by atoms with Gasteiger partial charge in [0.05, 0.1) is 24.1 Å². The van der Waals surface area contributed by atoms with Gasteiger partial charge in [0.1, 0.15) is 6.26 Å². The highest BCUT2D eigenvalue weighted by Crippen LogP contribution is 2.21. The summed E-state index contributed by atoms with van der Waals surface area (Å²) in [5.41, 5.74) is 6.71. The summed E-state index contributed by atoms with van der Waals surface area (Å²) >= 11 is 0. The molecule has 1 aromatic carbocycles. The van der Waals surface area contributed by atoms with Crippen LogP contribution < -0.4 is 16.4 Å². The molecule has 8 heteroatoms. The highest BCUT2D eigenvalue weighted by molar-refractivity contribution is 6.07. The Morgan fingerprint density at radius 3 is 2.78 bits per heavy atom. The lowest BCUT2D eigenvalue weighted by atomic mass is 10.0. The monoisotopic (exact) mass is 318 g/mol. The van der Waals surface area contributed by atoms with Crippen molar-refractivity contribution >= 4 is 17.5 Å². The maximum atomic E-state index is 12.0. The molecule has 8 nitrogen and oxygen atoms in total. The highest BCUT2D eigenvalue weighted by Gasteiger charge is 2.18. The summed E-state index contributed by atoms with van der Waals surface area (Å²) in [6, 6.07) is 5.08. The van der Waals surface area contributed by atoms with Crippen LogP contribution in [-0.2, 0) is 6.42 Å². The van der Waals surface area contributed by atoms with Crippen molar-refractivity contribution in [1.82, 2.24) is 10.3 Å². The number of carbonyl (C=O) groups is 2. The smallest absolute Gasteiger partial charge is 0.311 e. The fourth-order valence-electron chi connectivity index (χ4n) is 2.14. The van der Waals surface area contributed by atoms with Gasteiger partial charge in [0.2, 0.25) is 0 Å². The van der Waals surface area contributed by atoms with E-state index in [1.807, 2.05) is 0 Å². The van der Waals surface area contributed by atoms with Gasteiger partial charge in [-0.05, 0) is 24.6 Å². The Morgan fingerprint density at radius 2 is 2.13 bits per heavy atom.